The van der Waals surface area contributed by atoms with Crippen LogP contribution in [0.15, 0.2) is 36.5 Å². The quantitative estimate of drug-likeness (QED) is 0.401. The number of amides is 1. The number of nitrogens with zero attached hydrogens (tertiary/aromatic N) is 1. The van der Waals surface area contributed by atoms with Gasteiger partial charge in [0.25, 0.3) is 5.91 Å². The number of hydrogen-bond acceptors (Lipinski definition) is 3. The van der Waals surface area contributed by atoms with Crippen molar-refractivity contribution in [3.8, 4) is 0 Å². The highest BCUT2D eigenvalue weighted by molar-refractivity contribution is 6.04. The second-order valence-electron chi connectivity index (χ2n) is 12.6. The molecule has 1 aromatic carbocycles. The molecule has 6 unspecified atom stereocenters. The normalized spacial score (nSPS) is 28.9. The lowest BCUT2D eigenvalue weighted by Crippen LogP contribution is -2.30. The minimum Gasteiger partial charge on any atom is -0.398 e. The largest absolute Gasteiger partial charge is 0.398 e. The number of rotatable bonds is 6. The second kappa shape index (κ2) is 11.4. The molecule has 1 amide bonds. The van der Waals surface area contributed by atoms with Crippen molar-refractivity contribution in [2.45, 2.75) is 91.9 Å². The van der Waals surface area contributed by atoms with E-state index >= 15 is 0 Å². The van der Waals surface area contributed by atoms with Gasteiger partial charge < -0.3 is 11.1 Å². The first kappa shape index (κ1) is 26.7. The van der Waals surface area contributed by atoms with E-state index in [4.69, 9.17) is 5.73 Å². The standard InChI is InChI=1S/C32H47N3O/c1-19(2)24-12-10-21(5)15-26(24)28-17-23(32(36)35-30-9-7-8-14-34-30)18-29(31(28)33)27-16-22(6)11-13-25(27)20(3)4/h7-9,14,17-22,24-27H,10-13,15-16,33H2,1-6H3,(H,34,35,36). The van der Waals surface area contributed by atoms with Crippen molar-refractivity contribution in [2.75, 3.05) is 11.1 Å². The molecular formula is C32H47N3O. The highest BCUT2D eigenvalue weighted by Crippen LogP contribution is 2.50. The molecule has 1 aromatic heterocycles. The number of nitrogens with one attached hydrogen (secondary N) is 1. The summed E-state index contributed by atoms with van der Waals surface area (Å²) in [7, 11) is 0. The molecule has 1 heterocycles. The van der Waals surface area contributed by atoms with Gasteiger partial charge in [-0.2, -0.15) is 0 Å². The van der Waals surface area contributed by atoms with E-state index in [1.807, 2.05) is 18.2 Å². The predicted octanol–water partition coefficient (Wildman–Crippen LogP) is 8.27. The Morgan fingerprint density at radius 1 is 0.889 bits per heavy atom. The van der Waals surface area contributed by atoms with Crippen LogP contribution in [0.25, 0.3) is 0 Å². The first-order valence-electron chi connectivity index (χ1n) is 14.3. The first-order chi connectivity index (χ1) is 17.2. The lowest BCUT2D eigenvalue weighted by atomic mass is 9.64. The van der Waals surface area contributed by atoms with Gasteiger partial charge in [-0.1, -0.05) is 60.5 Å². The van der Waals surface area contributed by atoms with Crippen molar-refractivity contribution in [3.05, 3.63) is 53.2 Å². The van der Waals surface area contributed by atoms with Gasteiger partial charge in [0, 0.05) is 17.4 Å². The first-order valence-corrected chi connectivity index (χ1v) is 14.3. The summed E-state index contributed by atoms with van der Waals surface area (Å²) in [5.74, 6) is 5.01. The monoisotopic (exact) mass is 489 g/mol. The maximum atomic E-state index is 13.6. The van der Waals surface area contributed by atoms with Crippen LogP contribution in [-0.2, 0) is 0 Å². The van der Waals surface area contributed by atoms with Crippen LogP contribution in [0.4, 0.5) is 11.5 Å². The Balaban J connectivity index is 1.82. The third-order valence-electron chi connectivity index (χ3n) is 9.26. The number of nitrogens with two attached hydrogens (primary N) is 1. The Kier molecular flexibility index (Phi) is 8.42. The summed E-state index contributed by atoms with van der Waals surface area (Å²) in [6, 6.07) is 9.83. The van der Waals surface area contributed by atoms with Crippen LogP contribution in [0, 0.1) is 35.5 Å². The smallest absolute Gasteiger partial charge is 0.256 e. The van der Waals surface area contributed by atoms with Crippen LogP contribution in [0.1, 0.15) is 113 Å². The van der Waals surface area contributed by atoms with Crippen LogP contribution < -0.4 is 11.1 Å². The van der Waals surface area contributed by atoms with E-state index in [1.165, 1.54) is 36.8 Å². The van der Waals surface area contributed by atoms with Gasteiger partial charge in [-0.25, -0.2) is 4.98 Å². The van der Waals surface area contributed by atoms with Crippen molar-refractivity contribution in [2.24, 2.45) is 35.5 Å². The zero-order valence-electron chi connectivity index (χ0n) is 23.3. The van der Waals surface area contributed by atoms with Crippen LogP contribution in [0.2, 0.25) is 0 Å². The molecule has 6 atom stereocenters. The Morgan fingerprint density at radius 2 is 1.42 bits per heavy atom. The molecule has 2 fully saturated rings. The molecular weight excluding hydrogens is 442 g/mol. The van der Waals surface area contributed by atoms with E-state index in [-0.39, 0.29) is 5.91 Å². The maximum absolute atomic E-state index is 13.6. The van der Waals surface area contributed by atoms with Crippen molar-refractivity contribution in [1.82, 2.24) is 4.98 Å². The number of carbonyl (C=O) groups excluding carboxylic acids is 1. The van der Waals surface area contributed by atoms with Crippen molar-refractivity contribution in [3.63, 3.8) is 0 Å². The van der Waals surface area contributed by atoms with Crippen LogP contribution in [0.3, 0.4) is 0 Å². The fourth-order valence-corrected chi connectivity index (χ4v) is 7.19. The number of pyridine rings is 1. The topological polar surface area (TPSA) is 68.0 Å². The van der Waals surface area contributed by atoms with Gasteiger partial charge in [0.2, 0.25) is 0 Å². The molecule has 0 radical (unpaired) electrons. The molecule has 2 aliphatic carbocycles. The molecule has 4 rings (SSSR count). The average Bonchev–Trinajstić information content (AvgIpc) is 2.84. The Hall–Kier alpha value is -2.36. The number of aromatic nitrogens is 1. The highest BCUT2D eigenvalue weighted by Gasteiger charge is 2.37. The predicted molar refractivity (Wildman–Crippen MR) is 151 cm³/mol. The van der Waals surface area contributed by atoms with Gasteiger partial charge in [0.15, 0.2) is 0 Å². The lowest BCUT2D eigenvalue weighted by molar-refractivity contribution is 0.102. The molecule has 0 spiro atoms. The molecule has 3 N–H and O–H groups in total. The summed E-state index contributed by atoms with van der Waals surface area (Å²) in [6.07, 6.45) is 9.03. The third-order valence-corrected chi connectivity index (χ3v) is 9.26. The molecule has 0 saturated heterocycles. The number of benzene rings is 1. The summed E-state index contributed by atoms with van der Waals surface area (Å²) >= 11 is 0. The van der Waals surface area contributed by atoms with Gasteiger partial charge in [-0.3, -0.25) is 4.79 Å². The van der Waals surface area contributed by atoms with Gasteiger partial charge in [-0.05, 0) is 108 Å². The molecule has 2 aromatic rings. The van der Waals surface area contributed by atoms with Gasteiger partial charge in [-0.15, -0.1) is 0 Å². The van der Waals surface area contributed by atoms with Crippen molar-refractivity contribution in [1.29, 1.82) is 0 Å². The number of hydrogen-bond donors (Lipinski definition) is 2. The Morgan fingerprint density at radius 3 is 1.86 bits per heavy atom. The van der Waals surface area contributed by atoms with E-state index in [9.17, 15) is 4.79 Å². The summed E-state index contributed by atoms with van der Waals surface area (Å²) in [6.45, 7) is 14.1. The molecule has 2 aliphatic rings. The maximum Gasteiger partial charge on any atom is 0.256 e. The molecule has 2 saturated carbocycles. The van der Waals surface area contributed by atoms with E-state index < -0.39 is 0 Å². The zero-order valence-corrected chi connectivity index (χ0v) is 23.3. The number of anilines is 2. The fourth-order valence-electron chi connectivity index (χ4n) is 7.19. The summed E-state index contributed by atoms with van der Waals surface area (Å²) in [5, 5.41) is 3.03. The molecule has 0 bridgehead atoms. The Bertz CT molecular complexity index is 978. The SMILES string of the molecule is CC1CCC(C(C)C)C(c2cc(C(=O)Nc3ccccn3)cc(C3CC(C)CCC3C(C)C)c2N)C1. The molecule has 36 heavy (non-hydrogen) atoms. The second-order valence-corrected chi connectivity index (χ2v) is 12.6. The Labute approximate surface area is 218 Å². The fraction of sp³-hybridized carbons (Fsp3) is 0.625. The van der Waals surface area contributed by atoms with Crippen LogP contribution in [0.5, 0.6) is 0 Å². The van der Waals surface area contributed by atoms with Crippen molar-refractivity contribution >= 4 is 17.4 Å². The van der Waals surface area contributed by atoms with Gasteiger partial charge >= 0.3 is 0 Å². The van der Waals surface area contributed by atoms with E-state index in [2.05, 4.69) is 64.0 Å². The van der Waals surface area contributed by atoms with E-state index in [1.54, 1.807) is 6.20 Å². The molecule has 0 aliphatic heterocycles. The number of nitrogen functional groups attached to an aromatic ring is 1. The molecule has 196 valence electrons. The molecule has 4 nitrogen and oxygen atoms in total. The van der Waals surface area contributed by atoms with Gasteiger partial charge in [0.1, 0.15) is 5.82 Å². The van der Waals surface area contributed by atoms with Gasteiger partial charge in [0.05, 0.1) is 0 Å². The summed E-state index contributed by atoms with van der Waals surface area (Å²) < 4.78 is 0. The average molecular weight is 490 g/mol. The zero-order chi connectivity index (χ0) is 26.0. The van der Waals surface area contributed by atoms with E-state index in [0.29, 0.717) is 53.2 Å². The minimum atomic E-state index is -0.0916. The van der Waals surface area contributed by atoms with Crippen LogP contribution >= 0.6 is 0 Å². The summed E-state index contributed by atoms with van der Waals surface area (Å²) in [5.41, 5.74) is 11.2. The van der Waals surface area contributed by atoms with E-state index in [0.717, 1.165) is 24.1 Å². The number of carbonyl (C=O) groups is 1. The van der Waals surface area contributed by atoms with Crippen LogP contribution in [-0.4, -0.2) is 10.9 Å². The minimum absolute atomic E-state index is 0.0916. The lowest BCUT2D eigenvalue weighted by Gasteiger charge is -2.41. The summed E-state index contributed by atoms with van der Waals surface area (Å²) in [4.78, 5) is 17.9. The highest BCUT2D eigenvalue weighted by atomic mass is 16.1. The molecule has 4 heteroatoms. The third kappa shape index (κ3) is 5.79. The van der Waals surface area contributed by atoms with Crippen molar-refractivity contribution < 1.29 is 4.79 Å².